The SMILES string of the molecule is CCOC([O-])=C1C=C2C3=NC(=CC4=NC(=CC5=NC(=Cc6[n-]c2c(C)c6CC)C(C)=C5CC)C(C)=C4CC)C(C)C31CC. The molecule has 0 spiro atoms. The molecule has 1 aromatic rings. The maximum absolute atomic E-state index is 13.6. The Balaban J connectivity index is 1.71. The third-order valence-electron chi connectivity index (χ3n) is 10.2. The summed E-state index contributed by atoms with van der Waals surface area (Å²) in [6, 6.07) is 0. The number of allylic oxidation sites excluding steroid dienone is 10. The number of hydrogen-bond donors (Lipinski definition) is 0. The molecule has 0 N–H and O–H groups in total. The fourth-order valence-corrected chi connectivity index (χ4v) is 7.74. The molecule has 0 radical (unpaired) electrons. The van der Waals surface area contributed by atoms with Crippen molar-refractivity contribution in [3.63, 3.8) is 0 Å². The summed E-state index contributed by atoms with van der Waals surface area (Å²) in [5, 5.41) is 13.6. The Labute approximate surface area is 255 Å². The van der Waals surface area contributed by atoms with Crippen molar-refractivity contribution in [2.75, 3.05) is 6.61 Å². The van der Waals surface area contributed by atoms with Crippen LogP contribution in [-0.2, 0) is 11.2 Å². The molecular formula is C37H42N4O2-2. The van der Waals surface area contributed by atoms with Gasteiger partial charge in [0, 0.05) is 17.0 Å². The van der Waals surface area contributed by atoms with Crippen molar-refractivity contribution in [2.45, 2.75) is 88.0 Å². The van der Waals surface area contributed by atoms with Crippen LogP contribution in [0.1, 0.15) is 97.2 Å². The van der Waals surface area contributed by atoms with Gasteiger partial charge in [-0.15, -0.1) is 11.4 Å². The quantitative estimate of drug-likeness (QED) is 0.330. The first-order valence-corrected chi connectivity index (χ1v) is 15.9. The first kappa shape index (κ1) is 29.2. The molecule has 6 nitrogen and oxygen atoms in total. The largest absolute Gasteiger partial charge is 0.657 e. The topological polar surface area (TPSA) is 83.5 Å². The molecule has 5 heterocycles. The van der Waals surface area contributed by atoms with Gasteiger partial charge in [0.05, 0.1) is 34.5 Å². The highest BCUT2D eigenvalue weighted by Crippen LogP contribution is 2.58. The zero-order valence-electron chi connectivity index (χ0n) is 27.0. The van der Waals surface area contributed by atoms with Gasteiger partial charge in [0.25, 0.3) is 0 Å². The molecule has 8 bridgehead atoms. The van der Waals surface area contributed by atoms with E-state index in [2.05, 4.69) is 73.6 Å². The standard InChI is InChI=1S/C37H43N4O2/c1-10-23-19(6)29-17-33-25(12-3)21(8)34(40-33)26-15-27(36(42)43-14-5)37(13-4)22(9)30(41-35(26)37)18-32-24(11-2)20(7)28(39-32)16-31(23)38-29/h15-18,22H,10-14H2,1-9H3,(H-,38,39,40,41,42)/q-1/p-1. The first-order chi connectivity index (χ1) is 20.6. The second-order valence-electron chi connectivity index (χ2n) is 12.0. The van der Waals surface area contributed by atoms with Gasteiger partial charge in [0.15, 0.2) is 0 Å². The van der Waals surface area contributed by atoms with Gasteiger partial charge in [0.2, 0.25) is 0 Å². The molecule has 4 aliphatic heterocycles. The van der Waals surface area contributed by atoms with Crippen molar-refractivity contribution < 1.29 is 9.84 Å². The second-order valence-corrected chi connectivity index (χ2v) is 12.0. The van der Waals surface area contributed by atoms with Crippen molar-refractivity contribution in [1.29, 1.82) is 0 Å². The summed E-state index contributed by atoms with van der Waals surface area (Å²) in [5.74, 6) is -0.309. The molecule has 0 aromatic carbocycles. The van der Waals surface area contributed by atoms with Gasteiger partial charge in [-0.2, -0.15) is 0 Å². The molecule has 0 saturated heterocycles. The van der Waals surface area contributed by atoms with Crippen LogP contribution in [0.3, 0.4) is 0 Å². The van der Waals surface area contributed by atoms with Crippen LogP contribution in [0, 0.1) is 18.3 Å². The summed E-state index contributed by atoms with van der Waals surface area (Å²) in [4.78, 5) is 20.9. The van der Waals surface area contributed by atoms with E-state index < -0.39 is 5.41 Å². The van der Waals surface area contributed by atoms with Crippen LogP contribution in [0.25, 0.3) is 11.6 Å². The van der Waals surface area contributed by atoms with E-state index in [9.17, 15) is 5.11 Å². The minimum absolute atomic E-state index is 0.0364. The van der Waals surface area contributed by atoms with Gasteiger partial charge in [-0.3, -0.25) is 4.99 Å². The number of aromatic nitrogens is 1. The van der Waals surface area contributed by atoms with E-state index in [0.717, 1.165) is 82.4 Å². The van der Waals surface area contributed by atoms with Crippen molar-refractivity contribution in [3.05, 3.63) is 91.6 Å². The average molecular weight is 575 g/mol. The number of hydrogen-bond acceptors (Lipinski definition) is 5. The third kappa shape index (κ3) is 4.09. The first-order valence-electron chi connectivity index (χ1n) is 15.9. The predicted molar refractivity (Wildman–Crippen MR) is 175 cm³/mol. The van der Waals surface area contributed by atoms with Gasteiger partial charge in [-0.05, 0) is 105 Å². The Kier molecular flexibility index (Phi) is 7.22. The van der Waals surface area contributed by atoms with Gasteiger partial charge in [-0.25, -0.2) is 9.98 Å². The number of fused-ring (bicyclic) bond motifs is 6. The Morgan fingerprint density at radius 1 is 0.860 bits per heavy atom. The van der Waals surface area contributed by atoms with Crippen molar-refractivity contribution in [1.82, 2.24) is 4.98 Å². The Morgan fingerprint density at radius 3 is 2.07 bits per heavy atom. The van der Waals surface area contributed by atoms with Crippen molar-refractivity contribution in [2.24, 2.45) is 26.3 Å². The fourth-order valence-electron chi connectivity index (χ4n) is 7.74. The molecule has 6 rings (SSSR count). The van der Waals surface area contributed by atoms with Gasteiger partial charge < -0.3 is 14.8 Å². The average Bonchev–Trinajstić information content (AvgIpc) is 3.72. The van der Waals surface area contributed by atoms with E-state index in [1.54, 1.807) is 0 Å². The molecule has 2 atom stereocenters. The lowest BCUT2D eigenvalue weighted by Gasteiger charge is -2.35. The molecule has 1 aliphatic carbocycles. The van der Waals surface area contributed by atoms with E-state index in [1.165, 1.54) is 27.9 Å². The second kappa shape index (κ2) is 10.7. The molecule has 0 saturated carbocycles. The summed E-state index contributed by atoms with van der Waals surface area (Å²) in [6.45, 7) is 19.5. The van der Waals surface area contributed by atoms with Gasteiger partial charge in [0.1, 0.15) is 0 Å². The molecule has 5 aliphatic rings. The van der Waals surface area contributed by atoms with E-state index in [4.69, 9.17) is 24.7 Å². The summed E-state index contributed by atoms with van der Waals surface area (Å²) < 4.78 is 5.65. The van der Waals surface area contributed by atoms with E-state index >= 15 is 0 Å². The maximum atomic E-state index is 13.6. The smallest absolute Gasteiger partial charge is 0.0693 e. The van der Waals surface area contributed by atoms with Crippen LogP contribution in [0.5, 0.6) is 0 Å². The van der Waals surface area contributed by atoms with Crippen LogP contribution >= 0.6 is 0 Å². The third-order valence-corrected chi connectivity index (χ3v) is 10.2. The zero-order chi connectivity index (χ0) is 30.8. The number of rotatable bonds is 6. The fraction of sp³-hybridized carbons (Fsp3) is 0.432. The molecule has 43 heavy (non-hydrogen) atoms. The number of nitrogens with zero attached hydrogens (tertiary/aromatic N) is 4. The van der Waals surface area contributed by atoms with E-state index in [1.807, 2.05) is 13.0 Å². The van der Waals surface area contributed by atoms with Crippen molar-refractivity contribution in [3.8, 4) is 0 Å². The Bertz CT molecular complexity index is 1760. The van der Waals surface area contributed by atoms with Gasteiger partial charge in [-0.1, -0.05) is 58.7 Å². The molecule has 1 aromatic heterocycles. The van der Waals surface area contributed by atoms with Crippen LogP contribution < -0.4 is 10.1 Å². The molecule has 2 unspecified atom stereocenters. The van der Waals surface area contributed by atoms with Crippen LogP contribution in [0.2, 0.25) is 0 Å². The van der Waals surface area contributed by atoms with E-state index in [0.29, 0.717) is 12.2 Å². The van der Waals surface area contributed by atoms with Crippen LogP contribution in [0.15, 0.2) is 84.1 Å². The normalized spacial score (nSPS) is 25.4. The predicted octanol–water partition coefficient (Wildman–Crippen LogP) is 7.49. The number of ether oxygens (including phenoxy) is 1. The lowest BCUT2D eigenvalue weighted by atomic mass is 9.68. The lowest BCUT2D eigenvalue weighted by molar-refractivity contribution is -0.359. The minimum Gasteiger partial charge on any atom is -0.657 e. The zero-order valence-corrected chi connectivity index (χ0v) is 27.0. The summed E-state index contributed by atoms with van der Waals surface area (Å²) in [6.07, 6.45) is 11.8. The molecular weight excluding hydrogens is 532 g/mol. The molecule has 0 fully saturated rings. The summed E-state index contributed by atoms with van der Waals surface area (Å²) in [5.41, 5.74) is 15.7. The van der Waals surface area contributed by atoms with Crippen LogP contribution in [0.4, 0.5) is 0 Å². The highest BCUT2D eigenvalue weighted by molar-refractivity contribution is 6.32. The lowest BCUT2D eigenvalue weighted by Crippen LogP contribution is -2.34. The summed E-state index contributed by atoms with van der Waals surface area (Å²) >= 11 is 0. The Hall–Kier alpha value is -3.93. The molecule has 224 valence electrons. The Morgan fingerprint density at radius 2 is 1.49 bits per heavy atom. The van der Waals surface area contributed by atoms with Crippen LogP contribution in [-0.4, -0.2) is 23.7 Å². The minimum atomic E-state index is -0.583. The van der Waals surface area contributed by atoms with Crippen molar-refractivity contribution >= 4 is 28.8 Å². The van der Waals surface area contributed by atoms with Gasteiger partial charge >= 0.3 is 0 Å². The highest BCUT2D eigenvalue weighted by Gasteiger charge is 2.53. The maximum Gasteiger partial charge on any atom is 0.0693 e. The monoisotopic (exact) mass is 574 g/mol. The molecule has 6 heteroatoms. The highest BCUT2D eigenvalue weighted by atomic mass is 16.6. The number of aliphatic imine (C=N–C) groups is 3. The summed E-state index contributed by atoms with van der Waals surface area (Å²) in [7, 11) is 0. The molecule has 0 amide bonds. The van der Waals surface area contributed by atoms with E-state index in [-0.39, 0.29) is 11.9 Å².